The molecule has 0 radical (unpaired) electrons. The fourth-order valence-corrected chi connectivity index (χ4v) is 15.4. The number of rotatable bonds is 17. The van der Waals surface area contributed by atoms with Crippen LogP contribution < -0.4 is 0 Å². The molecule has 23 heteroatoms. The van der Waals surface area contributed by atoms with E-state index in [9.17, 15) is 76.3 Å². The Morgan fingerprint density at radius 1 is 0.636 bits per heavy atom. The predicted octanol–water partition coefficient (Wildman–Crippen LogP) is -1.99. The number of aliphatic hydroxyl groups excluding tert-OH is 13. The lowest BCUT2D eigenvalue weighted by atomic mass is 9.39. The molecule has 0 bridgehead atoms. The SMILES string of the molecule is C[C@H](CC[C@@H](O[C@@H]1O[C@H](CO[C@H]2O[C@H](CO)[C@@H](O)[C@H](O)[C@H]2O)[C@@H](O)[C@H](O)[C@H]1O[C@@H]1O[C@H](CO)[C@@H](O)[C@H](O)[C@H]1O)C(C)(C)O)C1CC[C@@]2(C)C3C(=O)C=C4C(CC[C@H](O[C@@H]5O[C@H](CO)C[C@H](O)[C@H]5O)C4(C)C)[C@]3(C)CC[C@]12C. The molecule has 4 aliphatic heterocycles. The van der Waals surface area contributed by atoms with Crippen LogP contribution in [0, 0.1) is 45.3 Å². The van der Waals surface area contributed by atoms with Gasteiger partial charge in [0.05, 0.1) is 56.4 Å². The van der Waals surface area contributed by atoms with Gasteiger partial charge < -0.3 is 109 Å². The number of ketones is 1. The number of aliphatic hydroxyl groups is 14. The maximum absolute atomic E-state index is 15.0. The number of carbonyl (C=O) groups is 1. The standard InChI is InChI=1S/C54H90O23/c1-23(25-13-14-54(8)45-29(59)18-27-26(52(45,6)15-16-53(25,54)7)10-12-33(50(27,2)3)75-47-35(60)28(58)17-24(19-55)71-47)9-11-34(51(4,5)69)76-49-44(77-48-43(68)40(65)37(62)31(21-57)73-48)41(66)38(63)32(74-49)22-70-46-42(67)39(64)36(61)30(20-56)72-46/h18,23-26,28,30-49,55-58,60-69H,9-17,19-22H2,1-8H3/t23-,24+,25?,26?,28+,30-,31-,32-,33+,34-,35-,36-,37-,38-,39+,40+,41+,42-,43-,44-,45?,46+,47+,48+,49+,52+,53-,54+/m1/s1. The molecule has 0 aromatic heterocycles. The van der Waals surface area contributed by atoms with E-state index in [-0.39, 0.29) is 65.1 Å². The number of hydrogen-bond donors (Lipinski definition) is 14. The summed E-state index contributed by atoms with van der Waals surface area (Å²) in [6, 6.07) is 0. The molecule has 4 heterocycles. The molecular formula is C54H90O23. The van der Waals surface area contributed by atoms with Crippen molar-refractivity contribution in [3.05, 3.63) is 11.6 Å². The van der Waals surface area contributed by atoms with Gasteiger partial charge >= 0.3 is 0 Å². The Morgan fingerprint density at radius 3 is 1.83 bits per heavy atom. The molecule has 4 aliphatic carbocycles. The van der Waals surface area contributed by atoms with Crippen LogP contribution in [0.3, 0.4) is 0 Å². The molecule has 0 aromatic carbocycles. The molecule has 8 rings (SSSR count). The molecule has 0 spiro atoms. The van der Waals surface area contributed by atoms with Crippen molar-refractivity contribution >= 4 is 5.78 Å². The van der Waals surface area contributed by atoms with E-state index in [0.717, 1.165) is 37.7 Å². The van der Waals surface area contributed by atoms with Gasteiger partial charge in [-0.25, -0.2) is 0 Å². The summed E-state index contributed by atoms with van der Waals surface area (Å²) in [6.07, 6.45) is -24.0. The topological polar surface area (TPSA) is 374 Å². The summed E-state index contributed by atoms with van der Waals surface area (Å²) in [5.41, 5.74) is -2.21. The Kier molecular flexibility index (Phi) is 18.6. The van der Waals surface area contributed by atoms with Gasteiger partial charge in [0.15, 0.2) is 30.9 Å². The largest absolute Gasteiger partial charge is 0.394 e. The maximum Gasteiger partial charge on any atom is 0.187 e. The van der Waals surface area contributed by atoms with Gasteiger partial charge in [-0.1, -0.05) is 47.1 Å². The van der Waals surface area contributed by atoms with Crippen molar-refractivity contribution in [3.63, 3.8) is 0 Å². The van der Waals surface area contributed by atoms with E-state index in [0.29, 0.717) is 12.8 Å². The van der Waals surface area contributed by atoms with Gasteiger partial charge in [0.1, 0.15) is 79.4 Å². The van der Waals surface area contributed by atoms with Gasteiger partial charge in [-0.2, -0.15) is 0 Å². The third kappa shape index (κ3) is 11.1. The third-order valence-corrected chi connectivity index (χ3v) is 20.3. The van der Waals surface area contributed by atoms with E-state index in [1.54, 1.807) is 0 Å². The van der Waals surface area contributed by atoms with Gasteiger partial charge in [-0.05, 0) is 105 Å². The Bertz CT molecular complexity index is 2030. The van der Waals surface area contributed by atoms with E-state index < -0.39 is 160 Å². The van der Waals surface area contributed by atoms with Crippen LogP contribution in [0.15, 0.2) is 11.6 Å². The molecule has 4 saturated heterocycles. The van der Waals surface area contributed by atoms with E-state index in [2.05, 4.69) is 41.5 Å². The van der Waals surface area contributed by atoms with Crippen LogP contribution >= 0.6 is 0 Å². The summed E-state index contributed by atoms with van der Waals surface area (Å²) < 4.78 is 47.9. The van der Waals surface area contributed by atoms with Gasteiger partial charge in [0, 0.05) is 17.8 Å². The second kappa shape index (κ2) is 23.3. The van der Waals surface area contributed by atoms with Gasteiger partial charge in [0.2, 0.25) is 0 Å². The predicted molar refractivity (Wildman–Crippen MR) is 265 cm³/mol. The van der Waals surface area contributed by atoms with E-state index in [1.165, 1.54) is 13.8 Å². The van der Waals surface area contributed by atoms with E-state index in [4.69, 9.17) is 37.9 Å². The van der Waals surface area contributed by atoms with Crippen molar-refractivity contribution in [3.8, 4) is 0 Å². The summed E-state index contributed by atoms with van der Waals surface area (Å²) in [5, 5.41) is 149. The lowest BCUT2D eigenvalue weighted by Gasteiger charge is -2.65. The molecule has 0 amide bonds. The van der Waals surface area contributed by atoms with Crippen LogP contribution in [0.4, 0.5) is 0 Å². The maximum atomic E-state index is 15.0. The number of allylic oxidation sites excluding steroid dienone is 1. The van der Waals surface area contributed by atoms with Gasteiger partial charge in [0.25, 0.3) is 0 Å². The molecule has 77 heavy (non-hydrogen) atoms. The molecule has 0 aromatic rings. The zero-order chi connectivity index (χ0) is 56.6. The number of carbonyl (C=O) groups excluding carboxylic acids is 1. The lowest BCUT2D eigenvalue weighted by molar-refractivity contribution is -0.380. The summed E-state index contributed by atoms with van der Waals surface area (Å²) in [6.45, 7) is 13.7. The molecule has 8 aliphatic rings. The Morgan fingerprint density at radius 2 is 1.22 bits per heavy atom. The first-order valence-corrected chi connectivity index (χ1v) is 27.8. The van der Waals surface area contributed by atoms with E-state index in [1.807, 2.05) is 6.08 Å². The minimum Gasteiger partial charge on any atom is -0.394 e. The Labute approximate surface area is 450 Å². The van der Waals surface area contributed by atoms with Crippen molar-refractivity contribution in [2.24, 2.45) is 45.3 Å². The molecule has 28 atom stereocenters. The Hall–Kier alpha value is -1.47. The first-order chi connectivity index (χ1) is 36.0. The van der Waals surface area contributed by atoms with Crippen LogP contribution in [0.5, 0.6) is 0 Å². The molecule has 3 saturated carbocycles. The minimum absolute atomic E-state index is 0.0257. The van der Waals surface area contributed by atoms with Crippen LogP contribution in [-0.2, 0) is 42.7 Å². The normalized spacial score (nSPS) is 50.0. The smallest absolute Gasteiger partial charge is 0.187 e. The second-order valence-corrected chi connectivity index (χ2v) is 25.7. The highest BCUT2D eigenvalue weighted by molar-refractivity contribution is 5.95. The van der Waals surface area contributed by atoms with Gasteiger partial charge in [-0.15, -0.1) is 0 Å². The van der Waals surface area contributed by atoms with Crippen LogP contribution in [0.25, 0.3) is 0 Å². The summed E-state index contributed by atoms with van der Waals surface area (Å²) >= 11 is 0. The van der Waals surface area contributed by atoms with Crippen molar-refractivity contribution in [2.45, 2.75) is 248 Å². The fraction of sp³-hybridized carbons (Fsp3) is 0.944. The van der Waals surface area contributed by atoms with E-state index >= 15 is 0 Å². The second-order valence-electron chi connectivity index (χ2n) is 25.7. The quantitative estimate of drug-likeness (QED) is 0.0749. The first-order valence-electron chi connectivity index (χ1n) is 27.8. The Balaban J connectivity index is 0.987. The average molecular weight is 1110 g/mol. The number of ether oxygens (including phenoxy) is 8. The summed E-state index contributed by atoms with van der Waals surface area (Å²) in [5.74, 6) is 0.0780. The van der Waals surface area contributed by atoms with Crippen LogP contribution in [-0.4, -0.2) is 238 Å². The number of hydrogen-bond acceptors (Lipinski definition) is 23. The van der Waals surface area contributed by atoms with Crippen LogP contribution in [0.1, 0.15) is 113 Å². The number of fused-ring (bicyclic) bond motifs is 5. The molecule has 14 N–H and O–H groups in total. The molecule has 23 nitrogen and oxygen atoms in total. The molecule has 7 fully saturated rings. The summed E-state index contributed by atoms with van der Waals surface area (Å²) in [7, 11) is 0. The highest BCUT2D eigenvalue weighted by atomic mass is 16.8. The van der Waals surface area contributed by atoms with Crippen molar-refractivity contribution in [1.29, 1.82) is 0 Å². The van der Waals surface area contributed by atoms with Crippen LogP contribution in [0.2, 0.25) is 0 Å². The van der Waals surface area contributed by atoms with Crippen molar-refractivity contribution in [1.82, 2.24) is 0 Å². The minimum atomic E-state index is -1.93. The van der Waals surface area contributed by atoms with Crippen molar-refractivity contribution in [2.75, 3.05) is 26.4 Å². The molecule has 3 unspecified atom stereocenters. The average Bonchev–Trinajstić information content (AvgIpc) is 3.65. The zero-order valence-corrected chi connectivity index (χ0v) is 45.6. The fourth-order valence-electron chi connectivity index (χ4n) is 15.4. The molecule has 444 valence electrons. The van der Waals surface area contributed by atoms with Gasteiger partial charge in [-0.3, -0.25) is 4.79 Å². The van der Waals surface area contributed by atoms with Crippen molar-refractivity contribution < 1.29 is 114 Å². The third-order valence-electron chi connectivity index (χ3n) is 20.3. The molecular weight excluding hydrogens is 1020 g/mol. The lowest BCUT2D eigenvalue weighted by Crippen LogP contribution is -2.65. The highest BCUT2D eigenvalue weighted by Gasteiger charge is 2.70. The first kappa shape index (κ1) is 61.6. The monoisotopic (exact) mass is 1110 g/mol. The highest BCUT2D eigenvalue weighted by Crippen LogP contribution is 2.74. The zero-order valence-electron chi connectivity index (χ0n) is 45.6. The summed E-state index contributed by atoms with van der Waals surface area (Å²) in [4.78, 5) is 15.0.